The summed E-state index contributed by atoms with van der Waals surface area (Å²) in [5, 5.41) is 3.51. The Bertz CT molecular complexity index is 209. The number of hydrogen-bond donors (Lipinski definition) is 1. The Morgan fingerprint density at radius 3 is 2.59 bits per heavy atom. The van der Waals surface area contributed by atoms with Gasteiger partial charge in [0.15, 0.2) is 0 Å². The fourth-order valence-corrected chi connectivity index (χ4v) is 2.56. The molecule has 2 nitrogen and oxygen atoms in total. The molecule has 1 fully saturated rings. The number of ether oxygens (including phenoxy) is 1. The molecule has 0 amide bonds. The first-order chi connectivity index (χ1) is 7.90. The summed E-state index contributed by atoms with van der Waals surface area (Å²) in [6.45, 7) is 12.1. The molecule has 1 aliphatic rings. The van der Waals surface area contributed by atoms with E-state index < -0.39 is 0 Å². The van der Waals surface area contributed by atoms with Crippen LogP contribution in [0.15, 0.2) is 0 Å². The van der Waals surface area contributed by atoms with Crippen molar-refractivity contribution in [2.45, 2.75) is 84.5 Å². The minimum atomic E-state index is 0.191. The Morgan fingerprint density at radius 1 is 1.29 bits per heavy atom. The standard InChI is InChI=1S/C15H31NO/c1-6-13-8-7-9-14(10-13)17-12(2)11-16-15(3,4)5/h12-14,16H,6-11H2,1-5H3. The van der Waals surface area contributed by atoms with Crippen LogP contribution in [-0.2, 0) is 4.74 Å². The van der Waals surface area contributed by atoms with E-state index in [1.165, 1.54) is 32.1 Å². The lowest BCUT2D eigenvalue weighted by molar-refractivity contribution is -0.0333. The van der Waals surface area contributed by atoms with Crippen molar-refractivity contribution in [3.8, 4) is 0 Å². The van der Waals surface area contributed by atoms with Gasteiger partial charge in [0.1, 0.15) is 0 Å². The highest BCUT2D eigenvalue weighted by Crippen LogP contribution is 2.28. The minimum Gasteiger partial charge on any atom is -0.374 e. The average molecular weight is 241 g/mol. The summed E-state index contributed by atoms with van der Waals surface area (Å²) in [6, 6.07) is 0. The lowest BCUT2D eigenvalue weighted by Crippen LogP contribution is -2.42. The molecule has 1 saturated carbocycles. The highest BCUT2D eigenvalue weighted by molar-refractivity contribution is 4.76. The zero-order valence-corrected chi connectivity index (χ0v) is 12.4. The highest BCUT2D eigenvalue weighted by atomic mass is 16.5. The highest BCUT2D eigenvalue weighted by Gasteiger charge is 2.23. The number of hydrogen-bond acceptors (Lipinski definition) is 2. The Kier molecular flexibility index (Phi) is 5.94. The van der Waals surface area contributed by atoms with Crippen molar-refractivity contribution in [2.75, 3.05) is 6.54 Å². The molecule has 0 aromatic rings. The second-order valence-corrected chi connectivity index (χ2v) is 6.64. The quantitative estimate of drug-likeness (QED) is 0.791. The van der Waals surface area contributed by atoms with Crippen molar-refractivity contribution in [3.05, 3.63) is 0 Å². The van der Waals surface area contributed by atoms with Crippen LogP contribution in [0.5, 0.6) is 0 Å². The SMILES string of the molecule is CCC1CCCC(OC(C)CNC(C)(C)C)C1. The van der Waals surface area contributed by atoms with E-state index in [0.29, 0.717) is 12.2 Å². The van der Waals surface area contributed by atoms with Crippen LogP contribution in [0.2, 0.25) is 0 Å². The first-order valence-corrected chi connectivity index (χ1v) is 7.31. The molecule has 0 saturated heterocycles. The van der Waals surface area contributed by atoms with E-state index in [1.54, 1.807) is 0 Å². The van der Waals surface area contributed by atoms with Crippen molar-refractivity contribution >= 4 is 0 Å². The van der Waals surface area contributed by atoms with Crippen molar-refractivity contribution in [3.63, 3.8) is 0 Å². The van der Waals surface area contributed by atoms with Crippen LogP contribution >= 0.6 is 0 Å². The summed E-state index contributed by atoms with van der Waals surface area (Å²) in [5.41, 5.74) is 0.191. The summed E-state index contributed by atoms with van der Waals surface area (Å²) in [6.07, 6.45) is 7.44. The van der Waals surface area contributed by atoms with E-state index >= 15 is 0 Å². The molecule has 3 atom stereocenters. The van der Waals surface area contributed by atoms with Gasteiger partial charge in [0, 0.05) is 12.1 Å². The molecule has 0 spiro atoms. The third-order valence-corrected chi connectivity index (χ3v) is 3.66. The van der Waals surface area contributed by atoms with Crippen molar-refractivity contribution in [2.24, 2.45) is 5.92 Å². The fraction of sp³-hybridized carbons (Fsp3) is 1.00. The van der Waals surface area contributed by atoms with Crippen LogP contribution in [0.3, 0.4) is 0 Å². The van der Waals surface area contributed by atoms with Gasteiger partial charge in [-0.25, -0.2) is 0 Å². The van der Waals surface area contributed by atoms with Gasteiger partial charge in [0.05, 0.1) is 12.2 Å². The van der Waals surface area contributed by atoms with Gasteiger partial charge in [-0.3, -0.25) is 0 Å². The predicted octanol–water partition coefficient (Wildman–Crippen LogP) is 3.75. The summed E-state index contributed by atoms with van der Waals surface area (Å²) in [7, 11) is 0. The summed E-state index contributed by atoms with van der Waals surface area (Å²) in [5.74, 6) is 0.900. The largest absolute Gasteiger partial charge is 0.374 e. The van der Waals surface area contributed by atoms with Crippen molar-refractivity contribution in [1.29, 1.82) is 0 Å². The van der Waals surface area contributed by atoms with Gasteiger partial charge in [-0.2, -0.15) is 0 Å². The van der Waals surface area contributed by atoms with Gasteiger partial charge in [0.2, 0.25) is 0 Å². The molecule has 0 aromatic heterocycles. The molecule has 1 rings (SSSR count). The number of nitrogens with one attached hydrogen (secondary N) is 1. The van der Waals surface area contributed by atoms with E-state index in [-0.39, 0.29) is 5.54 Å². The first kappa shape index (κ1) is 15.0. The molecule has 1 N–H and O–H groups in total. The lowest BCUT2D eigenvalue weighted by Gasteiger charge is -2.32. The Morgan fingerprint density at radius 2 is 2.00 bits per heavy atom. The topological polar surface area (TPSA) is 21.3 Å². The molecular weight excluding hydrogens is 210 g/mol. The zero-order chi connectivity index (χ0) is 12.9. The maximum Gasteiger partial charge on any atom is 0.0675 e. The summed E-state index contributed by atoms with van der Waals surface area (Å²) < 4.78 is 6.16. The van der Waals surface area contributed by atoms with E-state index in [1.807, 2.05) is 0 Å². The van der Waals surface area contributed by atoms with Crippen LogP contribution in [0.25, 0.3) is 0 Å². The van der Waals surface area contributed by atoms with Gasteiger partial charge < -0.3 is 10.1 Å². The molecule has 3 unspecified atom stereocenters. The third-order valence-electron chi connectivity index (χ3n) is 3.66. The molecule has 0 heterocycles. The normalized spacial score (nSPS) is 28.1. The molecule has 0 aliphatic heterocycles. The van der Waals surface area contributed by atoms with E-state index in [0.717, 1.165) is 12.5 Å². The maximum atomic E-state index is 6.16. The van der Waals surface area contributed by atoms with Crippen molar-refractivity contribution in [1.82, 2.24) is 5.32 Å². The average Bonchev–Trinajstić information content (AvgIpc) is 2.26. The first-order valence-electron chi connectivity index (χ1n) is 7.31. The van der Waals surface area contributed by atoms with Gasteiger partial charge >= 0.3 is 0 Å². The molecule has 102 valence electrons. The predicted molar refractivity (Wildman–Crippen MR) is 74.3 cm³/mol. The molecule has 1 aliphatic carbocycles. The van der Waals surface area contributed by atoms with Gasteiger partial charge in [-0.1, -0.05) is 26.2 Å². The monoisotopic (exact) mass is 241 g/mol. The molecule has 2 heteroatoms. The fourth-order valence-electron chi connectivity index (χ4n) is 2.56. The zero-order valence-electron chi connectivity index (χ0n) is 12.4. The molecule has 17 heavy (non-hydrogen) atoms. The van der Waals surface area contributed by atoms with Crippen LogP contribution in [0, 0.1) is 5.92 Å². The van der Waals surface area contributed by atoms with Gasteiger partial charge in [-0.15, -0.1) is 0 Å². The second-order valence-electron chi connectivity index (χ2n) is 6.64. The molecule has 0 aromatic carbocycles. The van der Waals surface area contributed by atoms with Crippen LogP contribution in [-0.4, -0.2) is 24.3 Å². The second kappa shape index (κ2) is 6.75. The van der Waals surface area contributed by atoms with E-state index in [2.05, 4.69) is 39.9 Å². The smallest absolute Gasteiger partial charge is 0.0675 e. The third kappa shape index (κ3) is 6.42. The number of rotatable bonds is 5. The van der Waals surface area contributed by atoms with Crippen LogP contribution in [0.1, 0.15) is 66.7 Å². The Labute approximate surface area is 108 Å². The Hall–Kier alpha value is -0.0800. The molecule has 0 radical (unpaired) electrons. The minimum absolute atomic E-state index is 0.191. The maximum absolute atomic E-state index is 6.16. The Balaban J connectivity index is 2.23. The summed E-state index contributed by atoms with van der Waals surface area (Å²) in [4.78, 5) is 0. The van der Waals surface area contributed by atoms with Gasteiger partial charge in [-0.05, 0) is 46.5 Å². The van der Waals surface area contributed by atoms with Crippen molar-refractivity contribution < 1.29 is 4.74 Å². The summed E-state index contributed by atoms with van der Waals surface area (Å²) >= 11 is 0. The van der Waals surface area contributed by atoms with E-state index in [4.69, 9.17) is 4.74 Å². The lowest BCUT2D eigenvalue weighted by atomic mass is 9.85. The molecule has 0 bridgehead atoms. The molecular formula is C15H31NO. The van der Waals surface area contributed by atoms with Crippen LogP contribution in [0.4, 0.5) is 0 Å². The van der Waals surface area contributed by atoms with E-state index in [9.17, 15) is 0 Å². The van der Waals surface area contributed by atoms with Crippen LogP contribution < -0.4 is 5.32 Å². The van der Waals surface area contributed by atoms with Gasteiger partial charge in [0.25, 0.3) is 0 Å².